The van der Waals surface area contributed by atoms with Gasteiger partial charge in [0.05, 0.1) is 4.90 Å². The molecule has 1 aliphatic rings. The van der Waals surface area contributed by atoms with Crippen LogP contribution in [0.4, 0.5) is 5.69 Å². The molecule has 1 aromatic heterocycles. The second kappa shape index (κ2) is 11.2. The molecule has 0 aliphatic carbocycles. The van der Waals surface area contributed by atoms with Gasteiger partial charge in [0, 0.05) is 62.4 Å². The Bertz CT molecular complexity index is 1220. The number of rotatable bonds is 7. The Morgan fingerprint density at radius 1 is 1.00 bits per heavy atom. The lowest BCUT2D eigenvalue weighted by molar-refractivity contribution is 0.181. The molecule has 0 unspecified atom stereocenters. The maximum atomic E-state index is 13.1. The zero-order valence-electron chi connectivity index (χ0n) is 18.5. The highest BCUT2D eigenvalue weighted by Crippen LogP contribution is 2.22. The highest BCUT2D eigenvalue weighted by atomic mass is 35.5. The van der Waals surface area contributed by atoms with Gasteiger partial charge < -0.3 is 10.6 Å². The molecule has 4 rings (SSSR count). The van der Waals surface area contributed by atoms with E-state index in [2.05, 4.69) is 20.5 Å². The summed E-state index contributed by atoms with van der Waals surface area (Å²) in [5, 5.41) is 7.37. The van der Waals surface area contributed by atoms with Gasteiger partial charge in [-0.25, -0.2) is 8.42 Å². The summed E-state index contributed by atoms with van der Waals surface area (Å²) in [5.74, 6) is 0. The van der Waals surface area contributed by atoms with Gasteiger partial charge in [0.1, 0.15) is 0 Å². The van der Waals surface area contributed by atoms with Gasteiger partial charge in [-0.15, -0.1) is 0 Å². The topological polar surface area (TPSA) is 77.6 Å². The van der Waals surface area contributed by atoms with Crippen molar-refractivity contribution in [3.63, 3.8) is 0 Å². The molecular weight excluding hydrogens is 490 g/mol. The van der Waals surface area contributed by atoms with Crippen LogP contribution in [0.5, 0.6) is 0 Å². The molecule has 1 aliphatic heterocycles. The number of halogens is 1. The normalized spacial score (nSPS) is 15.1. The average molecular weight is 516 g/mol. The third kappa shape index (κ3) is 6.31. The Labute approximate surface area is 210 Å². The van der Waals surface area contributed by atoms with Gasteiger partial charge in [-0.2, -0.15) is 4.31 Å². The lowest BCUT2D eigenvalue weighted by Crippen LogP contribution is -2.48. The summed E-state index contributed by atoms with van der Waals surface area (Å²) in [6.07, 6.45) is 3.49. The van der Waals surface area contributed by atoms with Gasteiger partial charge in [0.15, 0.2) is 5.11 Å². The zero-order chi connectivity index (χ0) is 24.0. The minimum Gasteiger partial charge on any atom is -0.358 e. The number of pyridine rings is 1. The number of aromatic nitrogens is 1. The molecule has 7 nitrogen and oxygen atoms in total. The van der Waals surface area contributed by atoms with Crippen molar-refractivity contribution in [2.24, 2.45) is 0 Å². The van der Waals surface area contributed by atoms with E-state index in [0.717, 1.165) is 16.1 Å². The number of nitrogens with one attached hydrogen (secondary N) is 2. The van der Waals surface area contributed by atoms with Gasteiger partial charge in [-0.1, -0.05) is 35.9 Å². The number of hydrogen-bond acceptors (Lipinski definition) is 5. The van der Waals surface area contributed by atoms with Crippen LogP contribution in [-0.2, 0) is 23.1 Å². The number of thiocarbonyl (C=S) groups is 1. The Morgan fingerprint density at radius 2 is 1.74 bits per heavy atom. The molecule has 2 aromatic carbocycles. The monoisotopic (exact) mass is 515 g/mol. The first-order valence-electron chi connectivity index (χ1n) is 10.9. The first-order valence-corrected chi connectivity index (χ1v) is 13.1. The van der Waals surface area contributed by atoms with E-state index in [4.69, 9.17) is 23.8 Å². The van der Waals surface area contributed by atoms with Crippen molar-refractivity contribution in [2.45, 2.75) is 18.0 Å². The molecule has 0 amide bonds. The second-order valence-corrected chi connectivity index (χ2v) is 10.7. The van der Waals surface area contributed by atoms with E-state index >= 15 is 0 Å². The lowest BCUT2D eigenvalue weighted by atomic mass is 10.2. The minimum absolute atomic E-state index is 0.270. The highest BCUT2D eigenvalue weighted by Gasteiger charge is 2.28. The molecule has 1 fully saturated rings. The molecule has 0 atom stereocenters. The summed E-state index contributed by atoms with van der Waals surface area (Å²) in [6, 6.07) is 18.2. The fourth-order valence-electron chi connectivity index (χ4n) is 3.72. The van der Waals surface area contributed by atoms with Crippen molar-refractivity contribution in [1.29, 1.82) is 0 Å². The number of piperazine rings is 1. The largest absolute Gasteiger partial charge is 0.358 e. The first kappa shape index (κ1) is 24.6. The van der Waals surface area contributed by atoms with Crippen LogP contribution in [0.15, 0.2) is 78.0 Å². The van der Waals surface area contributed by atoms with Crippen molar-refractivity contribution >= 4 is 44.6 Å². The standard InChI is InChI=1S/C24H26ClN5O2S2/c25-23-6-2-1-5-20(23)18-29-12-14-30(15-13-29)34(31,32)22-9-7-21(8-10-22)28-24(33)27-17-19-4-3-11-26-16-19/h1-11,16H,12-15,17-18H2,(H2,27,28,33). The third-order valence-electron chi connectivity index (χ3n) is 5.61. The molecule has 1 saturated heterocycles. The van der Waals surface area contributed by atoms with Gasteiger partial charge >= 0.3 is 0 Å². The molecule has 0 radical (unpaired) electrons. The molecule has 2 heterocycles. The van der Waals surface area contributed by atoms with Crippen molar-refractivity contribution in [1.82, 2.24) is 19.5 Å². The minimum atomic E-state index is -3.56. The van der Waals surface area contributed by atoms with Gasteiger partial charge in [-0.05, 0) is 59.7 Å². The van der Waals surface area contributed by atoms with Crippen molar-refractivity contribution in [3.05, 3.63) is 89.2 Å². The average Bonchev–Trinajstić information content (AvgIpc) is 2.85. The number of sulfonamides is 1. The quantitative estimate of drug-likeness (QED) is 0.464. The number of nitrogens with zero attached hydrogens (tertiary/aromatic N) is 3. The highest BCUT2D eigenvalue weighted by molar-refractivity contribution is 7.89. The van der Waals surface area contributed by atoms with Crippen LogP contribution in [0, 0.1) is 0 Å². The van der Waals surface area contributed by atoms with Gasteiger partial charge in [-0.3, -0.25) is 9.88 Å². The molecule has 2 N–H and O–H groups in total. The van der Waals surface area contributed by atoms with Crippen molar-refractivity contribution in [3.8, 4) is 0 Å². The zero-order valence-corrected chi connectivity index (χ0v) is 20.9. The SMILES string of the molecule is O=S(=O)(c1ccc(NC(=S)NCc2cccnc2)cc1)N1CCN(Cc2ccccc2Cl)CC1. The van der Waals surface area contributed by atoms with Crippen LogP contribution in [0.2, 0.25) is 5.02 Å². The third-order valence-corrected chi connectivity index (χ3v) is 8.14. The van der Waals surface area contributed by atoms with Crippen molar-refractivity contribution < 1.29 is 8.42 Å². The molecule has 0 spiro atoms. The molecule has 178 valence electrons. The van der Waals surface area contributed by atoms with Crippen LogP contribution >= 0.6 is 23.8 Å². The maximum Gasteiger partial charge on any atom is 0.243 e. The smallest absolute Gasteiger partial charge is 0.243 e. The van der Waals surface area contributed by atoms with Crippen LogP contribution < -0.4 is 10.6 Å². The summed E-state index contributed by atoms with van der Waals surface area (Å²) in [4.78, 5) is 6.56. The Balaban J connectivity index is 1.29. The van der Waals surface area contributed by atoms with E-state index in [1.54, 1.807) is 41.0 Å². The molecular formula is C24H26ClN5O2S2. The molecule has 34 heavy (non-hydrogen) atoms. The van der Waals surface area contributed by atoms with E-state index in [9.17, 15) is 8.42 Å². The summed E-state index contributed by atoms with van der Waals surface area (Å²) in [5.41, 5.74) is 2.78. The van der Waals surface area contributed by atoms with Crippen LogP contribution in [0.25, 0.3) is 0 Å². The summed E-state index contributed by atoms with van der Waals surface area (Å²) < 4.78 is 27.8. The molecule has 3 aromatic rings. The van der Waals surface area contributed by atoms with Crippen LogP contribution in [0.1, 0.15) is 11.1 Å². The predicted molar refractivity (Wildman–Crippen MR) is 139 cm³/mol. The Kier molecular flexibility index (Phi) is 8.12. The van der Waals surface area contributed by atoms with E-state index in [1.807, 2.05) is 36.4 Å². The number of hydrogen-bond donors (Lipinski definition) is 2. The Morgan fingerprint density at radius 3 is 2.41 bits per heavy atom. The van der Waals surface area contributed by atoms with E-state index in [-0.39, 0.29) is 4.90 Å². The lowest BCUT2D eigenvalue weighted by Gasteiger charge is -2.34. The fraction of sp³-hybridized carbons (Fsp3) is 0.250. The van der Waals surface area contributed by atoms with Crippen molar-refractivity contribution in [2.75, 3.05) is 31.5 Å². The van der Waals surface area contributed by atoms with Gasteiger partial charge in [0.2, 0.25) is 10.0 Å². The van der Waals surface area contributed by atoms with E-state index in [0.29, 0.717) is 50.1 Å². The fourth-order valence-corrected chi connectivity index (χ4v) is 5.52. The summed E-state index contributed by atoms with van der Waals surface area (Å²) in [7, 11) is -3.56. The second-order valence-electron chi connectivity index (χ2n) is 7.96. The molecule has 0 saturated carbocycles. The van der Waals surface area contributed by atoms with E-state index in [1.165, 1.54) is 0 Å². The number of benzene rings is 2. The summed E-state index contributed by atoms with van der Waals surface area (Å²) in [6.45, 7) is 3.45. The summed E-state index contributed by atoms with van der Waals surface area (Å²) >= 11 is 11.6. The van der Waals surface area contributed by atoms with Gasteiger partial charge in [0.25, 0.3) is 0 Å². The van der Waals surface area contributed by atoms with Crippen LogP contribution in [-0.4, -0.2) is 53.9 Å². The molecule has 10 heteroatoms. The number of anilines is 1. The predicted octanol–water partition coefficient (Wildman–Crippen LogP) is 3.73. The molecule has 0 bridgehead atoms. The Hall–Kier alpha value is -2.56. The van der Waals surface area contributed by atoms with Crippen LogP contribution in [0.3, 0.4) is 0 Å². The first-order chi connectivity index (χ1) is 16.4. The van der Waals surface area contributed by atoms with E-state index < -0.39 is 10.0 Å². The maximum absolute atomic E-state index is 13.1.